The summed E-state index contributed by atoms with van der Waals surface area (Å²) in [5, 5.41) is 18.5. The number of rotatable bonds is 4. The molecular formula is C20H30N4O2. The van der Waals surface area contributed by atoms with Crippen LogP contribution in [-0.2, 0) is 10.2 Å². The fourth-order valence-corrected chi connectivity index (χ4v) is 5.22. The SMILES string of the molecule is NC(=O)CN1CCC(N[C@H]2c3ccccc3C3(CCNCC3)[C@@H]2O)CC1. The van der Waals surface area contributed by atoms with Gasteiger partial charge in [0, 0.05) is 24.5 Å². The summed E-state index contributed by atoms with van der Waals surface area (Å²) in [6, 6.07) is 8.92. The number of benzene rings is 1. The van der Waals surface area contributed by atoms with Gasteiger partial charge >= 0.3 is 0 Å². The molecule has 1 spiro atoms. The topological polar surface area (TPSA) is 90.6 Å². The zero-order chi connectivity index (χ0) is 18.1. The van der Waals surface area contributed by atoms with Gasteiger partial charge in [-0.05, 0) is 49.9 Å². The largest absolute Gasteiger partial charge is 0.390 e. The summed E-state index contributed by atoms with van der Waals surface area (Å²) in [4.78, 5) is 13.2. The van der Waals surface area contributed by atoms with Gasteiger partial charge in [-0.1, -0.05) is 24.3 Å². The second-order valence-corrected chi connectivity index (χ2v) is 8.10. The molecule has 2 atom stereocenters. The van der Waals surface area contributed by atoms with E-state index in [1.54, 1.807) is 0 Å². The molecule has 6 heteroatoms. The van der Waals surface area contributed by atoms with Gasteiger partial charge in [0.2, 0.25) is 5.91 Å². The average Bonchev–Trinajstić information content (AvgIpc) is 2.87. The Kier molecular flexibility index (Phi) is 5.01. The molecule has 0 aromatic heterocycles. The Hall–Kier alpha value is -1.47. The summed E-state index contributed by atoms with van der Waals surface area (Å²) in [6.07, 6.45) is 3.55. The van der Waals surface area contributed by atoms with E-state index >= 15 is 0 Å². The van der Waals surface area contributed by atoms with E-state index in [0.717, 1.165) is 51.9 Å². The van der Waals surface area contributed by atoms with Crippen LogP contribution in [0.2, 0.25) is 0 Å². The summed E-state index contributed by atoms with van der Waals surface area (Å²) in [7, 11) is 0. The number of piperidine rings is 2. The van der Waals surface area contributed by atoms with Crippen molar-refractivity contribution >= 4 is 5.91 Å². The Bertz CT molecular complexity index is 651. The first-order valence-corrected chi connectivity index (χ1v) is 9.85. The number of hydrogen-bond donors (Lipinski definition) is 4. The highest BCUT2D eigenvalue weighted by atomic mass is 16.3. The summed E-state index contributed by atoms with van der Waals surface area (Å²) in [6.45, 7) is 4.02. The molecule has 4 rings (SSSR count). The smallest absolute Gasteiger partial charge is 0.231 e. The van der Waals surface area contributed by atoms with E-state index in [1.807, 2.05) is 0 Å². The fraction of sp³-hybridized carbons (Fsp3) is 0.650. The number of aliphatic hydroxyl groups is 1. The molecule has 6 nitrogen and oxygen atoms in total. The molecule has 0 saturated carbocycles. The highest BCUT2D eigenvalue weighted by Crippen LogP contribution is 2.50. The van der Waals surface area contributed by atoms with E-state index in [2.05, 4.69) is 39.8 Å². The van der Waals surface area contributed by atoms with Gasteiger partial charge in [-0.15, -0.1) is 0 Å². The van der Waals surface area contributed by atoms with Crippen LogP contribution in [0.1, 0.15) is 42.9 Å². The van der Waals surface area contributed by atoms with Crippen molar-refractivity contribution < 1.29 is 9.90 Å². The number of nitrogens with two attached hydrogens (primary N) is 1. The second-order valence-electron chi connectivity index (χ2n) is 8.10. The van der Waals surface area contributed by atoms with Crippen LogP contribution in [0.4, 0.5) is 0 Å². The lowest BCUT2D eigenvalue weighted by molar-refractivity contribution is -0.119. The Balaban J connectivity index is 1.48. The molecule has 0 radical (unpaired) electrons. The van der Waals surface area contributed by atoms with E-state index in [4.69, 9.17) is 5.73 Å². The molecule has 2 heterocycles. The van der Waals surface area contributed by atoms with Crippen molar-refractivity contribution in [1.29, 1.82) is 0 Å². The number of aliphatic hydroxyl groups excluding tert-OH is 1. The van der Waals surface area contributed by atoms with Crippen LogP contribution < -0.4 is 16.4 Å². The standard InChI is InChI=1S/C20H30N4O2/c21-17(25)13-24-11-5-14(6-12-24)23-18-15-3-1-2-4-16(15)20(19(18)26)7-9-22-10-8-20/h1-4,14,18-19,22-23,26H,5-13H2,(H2,21,25)/t18-,19+/m0/s1. The quantitative estimate of drug-likeness (QED) is 0.620. The van der Waals surface area contributed by atoms with Gasteiger partial charge in [0.15, 0.2) is 0 Å². The lowest BCUT2D eigenvalue weighted by Gasteiger charge is -2.40. The maximum Gasteiger partial charge on any atom is 0.231 e. The molecular weight excluding hydrogens is 328 g/mol. The monoisotopic (exact) mass is 358 g/mol. The number of likely N-dealkylation sites (tertiary alicyclic amines) is 1. The minimum Gasteiger partial charge on any atom is -0.390 e. The van der Waals surface area contributed by atoms with Crippen molar-refractivity contribution in [1.82, 2.24) is 15.5 Å². The van der Waals surface area contributed by atoms with Gasteiger partial charge in [0.25, 0.3) is 0 Å². The highest BCUT2D eigenvalue weighted by molar-refractivity contribution is 5.75. The number of carbonyl (C=O) groups excluding carboxylic acids is 1. The number of amides is 1. The van der Waals surface area contributed by atoms with Gasteiger partial charge in [-0.3, -0.25) is 9.69 Å². The number of nitrogens with one attached hydrogen (secondary N) is 2. The molecule has 1 aliphatic carbocycles. The first-order valence-electron chi connectivity index (χ1n) is 9.85. The lowest BCUT2D eigenvalue weighted by atomic mass is 9.72. The molecule has 2 aliphatic heterocycles. The van der Waals surface area contributed by atoms with E-state index < -0.39 is 0 Å². The van der Waals surface area contributed by atoms with Crippen molar-refractivity contribution in [3.8, 4) is 0 Å². The van der Waals surface area contributed by atoms with E-state index in [9.17, 15) is 9.90 Å². The van der Waals surface area contributed by atoms with Crippen LogP contribution in [-0.4, -0.2) is 60.8 Å². The molecule has 0 unspecified atom stereocenters. The number of fused-ring (bicyclic) bond motifs is 2. The van der Waals surface area contributed by atoms with Crippen molar-refractivity contribution in [2.24, 2.45) is 5.73 Å². The molecule has 1 aromatic carbocycles. The third-order valence-corrected chi connectivity index (χ3v) is 6.59. The summed E-state index contributed by atoms with van der Waals surface area (Å²) in [5.74, 6) is -0.260. The van der Waals surface area contributed by atoms with Crippen LogP contribution in [0.25, 0.3) is 0 Å². The van der Waals surface area contributed by atoms with Crippen molar-refractivity contribution in [3.05, 3.63) is 35.4 Å². The van der Waals surface area contributed by atoms with E-state index in [-0.39, 0.29) is 23.5 Å². The minimum absolute atomic E-state index is 0.00279. The van der Waals surface area contributed by atoms with Crippen molar-refractivity contribution in [2.45, 2.75) is 49.3 Å². The number of primary amides is 1. The molecule has 3 aliphatic rings. The number of hydrogen-bond acceptors (Lipinski definition) is 5. The molecule has 0 bridgehead atoms. The van der Waals surface area contributed by atoms with Crippen LogP contribution >= 0.6 is 0 Å². The normalized spacial score (nSPS) is 29.0. The predicted octanol–water partition coefficient (Wildman–Crippen LogP) is 0.263. The molecule has 142 valence electrons. The molecule has 1 aromatic rings. The summed E-state index contributed by atoms with van der Waals surface area (Å²) in [5.41, 5.74) is 7.78. The predicted molar refractivity (Wildman–Crippen MR) is 101 cm³/mol. The first kappa shape index (κ1) is 17.9. The maximum absolute atomic E-state index is 11.3. The van der Waals surface area contributed by atoms with Gasteiger partial charge in [-0.25, -0.2) is 0 Å². The van der Waals surface area contributed by atoms with E-state index in [0.29, 0.717) is 12.6 Å². The summed E-state index contributed by atoms with van der Waals surface area (Å²) >= 11 is 0. The minimum atomic E-state index is -0.384. The zero-order valence-electron chi connectivity index (χ0n) is 15.3. The zero-order valence-corrected chi connectivity index (χ0v) is 15.3. The number of carbonyl (C=O) groups is 1. The lowest BCUT2D eigenvalue weighted by Crippen LogP contribution is -2.51. The Morgan fingerprint density at radius 2 is 1.96 bits per heavy atom. The highest BCUT2D eigenvalue weighted by Gasteiger charge is 2.51. The molecule has 2 saturated heterocycles. The van der Waals surface area contributed by atoms with Crippen molar-refractivity contribution in [2.75, 3.05) is 32.7 Å². The van der Waals surface area contributed by atoms with Crippen LogP contribution in [0.3, 0.4) is 0 Å². The van der Waals surface area contributed by atoms with Gasteiger partial charge < -0.3 is 21.5 Å². The Morgan fingerprint density at radius 3 is 2.65 bits per heavy atom. The van der Waals surface area contributed by atoms with Crippen LogP contribution in [0, 0.1) is 0 Å². The van der Waals surface area contributed by atoms with Gasteiger partial charge in [0.05, 0.1) is 18.7 Å². The number of nitrogens with zero attached hydrogens (tertiary/aromatic N) is 1. The fourth-order valence-electron chi connectivity index (χ4n) is 5.22. The van der Waals surface area contributed by atoms with Crippen LogP contribution in [0.15, 0.2) is 24.3 Å². The third kappa shape index (κ3) is 3.16. The molecule has 5 N–H and O–H groups in total. The Labute approximate surface area is 155 Å². The third-order valence-electron chi connectivity index (χ3n) is 6.59. The molecule has 1 amide bonds. The average molecular weight is 358 g/mol. The maximum atomic E-state index is 11.3. The Morgan fingerprint density at radius 1 is 1.27 bits per heavy atom. The van der Waals surface area contributed by atoms with Gasteiger partial charge in [0.1, 0.15) is 0 Å². The first-order chi connectivity index (χ1) is 12.6. The van der Waals surface area contributed by atoms with Gasteiger partial charge in [-0.2, -0.15) is 0 Å². The van der Waals surface area contributed by atoms with Crippen LogP contribution in [0.5, 0.6) is 0 Å². The second kappa shape index (κ2) is 7.27. The van der Waals surface area contributed by atoms with Crippen molar-refractivity contribution in [3.63, 3.8) is 0 Å². The summed E-state index contributed by atoms with van der Waals surface area (Å²) < 4.78 is 0. The molecule has 2 fully saturated rings. The molecule has 26 heavy (non-hydrogen) atoms. The van der Waals surface area contributed by atoms with E-state index in [1.165, 1.54) is 11.1 Å².